The van der Waals surface area contributed by atoms with E-state index >= 15 is 0 Å². The predicted octanol–water partition coefficient (Wildman–Crippen LogP) is 1.81. The first-order valence-electron chi connectivity index (χ1n) is 4.87. The summed E-state index contributed by atoms with van der Waals surface area (Å²) in [6.45, 7) is 2.66. The van der Waals surface area contributed by atoms with Gasteiger partial charge in [-0.05, 0) is 12.5 Å². The molecule has 1 aromatic carbocycles. The Morgan fingerprint density at radius 3 is 2.73 bits per heavy atom. The van der Waals surface area contributed by atoms with Gasteiger partial charge in [0.05, 0.1) is 0 Å². The minimum Gasteiger partial charge on any atom is -0.478 e. The summed E-state index contributed by atoms with van der Waals surface area (Å²) >= 11 is 0. The normalized spacial score (nSPS) is 12.9. The molecule has 1 rings (SSSR count). The topological polar surface area (TPSA) is 49.3 Å². The third-order valence-electron chi connectivity index (χ3n) is 2.00. The number of rotatable bonds is 5. The number of aliphatic carboxylic acids is 1. The summed E-state index contributed by atoms with van der Waals surface area (Å²) in [5.74, 6) is -0.914. The first-order chi connectivity index (χ1) is 7.18. The number of hydrogen-bond acceptors (Lipinski definition) is 2. The summed E-state index contributed by atoms with van der Waals surface area (Å²) in [5, 5.41) is 11.6. The summed E-state index contributed by atoms with van der Waals surface area (Å²) in [6.07, 6.45) is 2.79. The highest BCUT2D eigenvalue weighted by molar-refractivity contribution is 5.79. The van der Waals surface area contributed by atoms with Gasteiger partial charge in [-0.2, -0.15) is 0 Å². The average Bonchev–Trinajstić information content (AvgIpc) is 2.25. The van der Waals surface area contributed by atoms with Crippen molar-refractivity contribution in [2.45, 2.75) is 19.5 Å². The number of carboxylic acid groups (broad SMARTS) is 1. The summed E-state index contributed by atoms with van der Waals surface area (Å²) in [6, 6.07) is 10.0. The van der Waals surface area contributed by atoms with Crippen LogP contribution in [0.1, 0.15) is 12.5 Å². The zero-order chi connectivity index (χ0) is 11.1. The molecular weight excluding hydrogens is 190 g/mol. The van der Waals surface area contributed by atoms with Crippen molar-refractivity contribution < 1.29 is 9.90 Å². The minimum absolute atomic E-state index is 0.0568. The highest BCUT2D eigenvalue weighted by atomic mass is 16.4. The highest BCUT2D eigenvalue weighted by Gasteiger charge is 1.97. The number of benzene rings is 1. The molecule has 0 radical (unpaired) electrons. The fraction of sp³-hybridized carbons (Fsp3) is 0.250. The third-order valence-corrected chi connectivity index (χ3v) is 2.00. The van der Waals surface area contributed by atoms with Crippen LogP contribution in [-0.4, -0.2) is 17.1 Å². The van der Waals surface area contributed by atoms with Crippen LogP contribution < -0.4 is 5.32 Å². The Kier molecular flexibility index (Phi) is 4.57. The number of carbonyl (C=O) groups is 1. The Morgan fingerprint density at radius 2 is 2.13 bits per heavy atom. The summed E-state index contributed by atoms with van der Waals surface area (Å²) in [7, 11) is 0. The van der Waals surface area contributed by atoms with Crippen molar-refractivity contribution in [3.8, 4) is 0 Å². The SMILES string of the molecule is C[C@H](/C=C/C(=O)O)NCc1ccccc1. The second-order valence-corrected chi connectivity index (χ2v) is 3.35. The van der Waals surface area contributed by atoms with Crippen molar-refractivity contribution in [2.75, 3.05) is 0 Å². The fourth-order valence-electron chi connectivity index (χ4n) is 1.17. The molecule has 0 bridgehead atoms. The first kappa shape index (κ1) is 11.5. The molecule has 15 heavy (non-hydrogen) atoms. The van der Waals surface area contributed by atoms with E-state index in [4.69, 9.17) is 5.11 Å². The lowest BCUT2D eigenvalue weighted by atomic mass is 10.2. The molecule has 3 nitrogen and oxygen atoms in total. The lowest BCUT2D eigenvalue weighted by Gasteiger charge is -2.08. The van der Waals surface area contributed by atoms with Crippen LogP contribution in [0, 0.1) is 0 Å². The maximum absolute atomic E-state index is 10.3. The molecule has 0 spiro atoms. The zero-order valence-corrected chi connectivity index (χ0v) is 8.68. The van der Waals surface area contributed by atoms with Crippen molar-refractivity contribution in [1.29, 1.82) is 0 Å². The van der Waals surface area contributed by atoms with Gasteiger partial charge in [0, 0.05) is 18.7 Å². The van der Waals surface area contributed by atoms with Crippen LogP contribution >= 0.6 is 0 Å². The summed E-state index contributed by atoms with van der Waals surface area (Å²) < 4.78 is 0. The lowest BCUT2D eigenvalue weighted by molar-refractivity contribution is -0.131. The van der Waals surface area contributed by atoms with E-state index in [9.17, 15) is 4.79 Å². The van der Waals surface area contributed by atoms with Crippen molar-refractivity contribution in [3.63, 3.8) is 0 Å². The molecule has 0 saturated carbocycles. The standard InChI is InChI=1S/C12H15NO2/c1-10(7-8-12(14)15)13-9-11-5-3-2-4-6-11/h2-8,10,13H,9H2,1H3,(H,14,15)/b8-7+/t10-/m1/s1. The van der Waals surface area contributed by atoms with E-state index in [-0.39, 0.29) is 6.04 Å². The second-order valence-electron chi connectivity index (χ2n) is 3.35. The summed E-state index contributed by atoms with van der Waals surface area (Å²) in [4.78, 5) is 10.3. The highest BCUT2D eigenvalue weighted by Crippen LogP contribution is 1.98. The van der Waals surface area contributed by atoms with Crippen molar-refractivity contribution in [3.05, 3.63) is 48.0 Å². The van der Waals surface area contributed by atoms with Gasteiger partial charge in [0.1, 0.15) is 0 Å². The quantitative estimate of drug-likeness (QED) is 0.721. The van der Waals surface area contributed by atoms with E-state index in [1.165, 1.54) is 5.56 Å². The molecule has 0 heterocycles. The molecule has 0 aliphatic heterocycles. The van der Waals surface area contributed by atoms with Gasteiger partial charge in [0.15, 0.2) is 0 Å². The van der Waals surface area contributed by atoms with Gasteiger partial charge in [0.2, 0.25) is 0 Å². The van der Waals surface area contributed by atoms with Crippen molar-refractivity contribution >= 4 is 5.97 Å². The minimum atomic E-state index is -0.914. The van der Waals surface area contributed by atoms with E-state index < -0.39 is 5.97 Å². The molecule has 0 aliphatic carbocycles. The Bertz CT molecular complexity index is 333. The molecular formula is C12H15NO2. The van der Waals surface area contributed by atoms with Crippen LogP contribution in [0.2, 0.25) is 0 Å². The van der Waals surface area contributed by atoms with E-state index in [1.807, 2.05) is 37.3 Å². The van der Waals surface area contributed by atoms with Gasteiger partial charge in [-0.25, -0.2) is 4.79 Å². The molecule has 1 aromatic rings. The number of nitrogens with one attached hydrogen (secondary N) is 1. The predicted molar refractivity (Wildman–Crippen MR) is 59.5 cm³/mol. The lowest BCUT2D eigenvalue weighted by Crippen LogP contribution is -2.23. The van der Waals surface area contributed by atoms with Gasteiger partial charge < -0.3 is 10.4 Å². The fourth-order valence-corrected chi connectivity index (χ4v) is 1.17. The molecule has 0 saturated heterocycles. The molecule has 0 aliphatic rings. The number of carboxylic acids is 1. The maximum atomic E-state index is 10.3. The second kappa shape index (κ2) is 5.98. The van der Waals surface area contributed by atoms with Crippen LogP contribution in [0.4, 0.5) is 0 Å². The van der Waals surface area contributed by atoms with Gasteiger partial charge in [-0.1, -0.05) is 36.4 Å². The van der Waals surface area contributed by atoms with Gasteiger partial charge in [-0.3, -0.25) is 0 Å². The molecule has 3 heteroatoms. The van der Waals surface area contributed by atoms with Crippen LogP contribution in [0.15, 0.2) is 42.5 Å². The monoisotopic (exact) mass is 205 g/mol. The largest absolute Gasteiger partial charge is 0.478 e. The third kappa shape index (κ3) is 4.98. The zero-order valence-electron chi connectivity index (χ0n) is 8.68. The van der Waals surface area contributed by atoms with Crippen LogP contribution in [0.5, 0.6) is 0 Å². The molecule has 80 valence electrons. The molecule has 0 amide bonds. The number of hydrogen-bond donors (Lipinski definition) is 2. The smallest absolute Gasteiger partial charge is 0.328 e. The van der Waals surface area contributed by atoms with E-state index in [2.05, 4.69) is 5.32 Å². The maximum Gasteiger partial charge on any atom is 0.328 e. The molecule has 2 N–H and O–H groups in total. The van der Waals surface area contributed by atoms with Crippen molar-refractivity contribution in [1.82, 2.24) is 5.32 Å². The first-order valence-corrected chi connectivity index (χ1v) is 4.87. The van der Waals surface area contributed by atoms with E-state index in [0.717, 1.165) is 12.6 Å². The van der Waals surface area contributed by atoms with Crippen molar-refractivity contribution in [2.24, 2.45) is 0 Å². The van der Waals surface area contributed by atoms with Crippen LogP contribution in [0.3, 0.4) is 0 Å². The Morgan fingerprint density at radius 1 is 1.47 bits per heavy atom. The molecule has 1 atom stereocenters. The Labute approximate surface area is 89.4 Å². The summed E-state index contributed by atoms with van der Waals surface area (Å²) in [5.41, 5.74) is 1.19. The van der Waals surface area contributed by atoms with Gasteiger partial charge in [-0.15, -0.1) is 0 Å². The Balaban J connectivity index is 2.34. The van der Waals surface area contributed by atoms with E-state index in [1.54, 1.807) is 6.08 Å². The average molecular weight is 205 g/mol. The Hall–Kier alpha value is -1.61. The molecule has 0 fully saturated rings. The van der Waals surface area contributed by atoms with Gasteiger partial charge >= 0.3 is 5.97 Å². The van der Waals surface area contributed by atoms with Crippen LogP contribution in [-0.2, 0) is 11.3 Å². The molecule has 0 aromatic heterocycles. The van der Waals surface area contributed by atoms with Gasteiger partial charge in [0.25, 0.3) is 0 Å². The van der Waals surface area contributed by atoms with E-state index in [0.29, 0.717) is 0 Å². The molecule has 0 unspecified atom stereocenters. The van der Waals surface area contributed by atoms with Crippen LogP contribution in [0.25, 0.3) is 0 Å².